The number of aliphatic hydroxyl groups is 1. The summed E-state index contributed by atoms with van der Waals surface area (Å²) in [5.41, 5.74) is -2.10. The van der Waals surface area contributed by atoms with E-state index in [-0.39, 0.29) is 48.2 Å². The van der Waals surface area contributed by atoms with Crippen molar-refractivity contribution >= 4 is 29.0 Å². The second-order valence-corrected chi connectivity index (χ2v) is 11.0. The molecule has 0 spiro atoms. The number of amides is 1. The summed E-state index contributed by atoms with van der Waals surface area (Å²) in [6.45, 7) is 2.24. The van der Waals surface area contributed by atoms with Crippen LogP contribution in [0.25, 0.3) is 0 Å². The molecule has 8 nitrogen and oxygen atoms in total. The van der Waals surface area contributed by atoms with Gasteiger partial charge in [-0.2, -0.15) is 0 Å². The Morgan fingerprint density at radius 3 is 2.67 bits per heavy atom. The van der Waals surface area contributed by atoms with Crippen molar-refractivity contribution in [2.45, 2.75) is 49.7 Å². The van der Waals surface area contributed by atoms with Crippen LogP contribution in [0.2, 0.25) is 0 Å². The number of thiophene rings is 1. The lowest BCUT2D eigenvalue weighted by molar-refractivity contribution is -0.939. The highest BCUT2D eigenvalue weighted by atomic mass is 79.9. The Morgan fingerprint density at radius 2 is 2.06 bits per heavy atom. The first kappa shape index (κ1) is 27.0. The van der Waals surface area contributed by atoms with E-state index in [4.69, 9.17) is 4.74 Å². The molecule has 4 fully saturated rings. The van der Waals surface area contributed by atoms with Crippen LogP contribution >= 0.6 is 11.3 Å². The van der Waals surface area contributed by atoms with Crippen molar-refractivity contribution < 1.29 is 49.7 Å². The standard InChI is InChI=1S/C24H28F2N4O4S.BrH/c25-23(26)6-3-17(12-23)24(33,19-2-1-11-35-19)22(32)34-18-14-30(9-4-16(18)5-10-30)15-21(31)29-20-13-27-7-8-28-20;/h1-2,7-8,11,13,16-18,33H,3-6,9-10,12,14-15H2;1H/t16?,17?,18-,24?,30?;/m0./s1. The number of quaternary nitrogens is 1. The van der Waals surface area contributed by atoms with Crippen LogP contribution in [0.4, 0.5) is 14.6 Å². The molecule has 3 aliphatic heterocycles. The lowest BCUT2D eigenvalue weighted by Gasteiger charge is -2.51. The van der Waals surface area contributed by atoms with Gasteiger partial charge in [-0.05, 0) is 17.9 Å². The van der Waals surface area contributed by atoms with E-state index in [9.17, 15) is 23.5 Å². The van der Waals surface area contributed by atoms with Crippen LogP contribution < -0.4 is 22.3 Å². The highest BCUT2D eigenvalue weighted by Crippen LogP contribution is 2.49. The zero-order valence-electron chi connectivity index (χ0n) is 19.6. The minimum Gasteiger partial charge on any atom is -1.00 e. The number of carbonyl (C=O) groups excluding carboxylic acids is 2. The maximum Gasteiger partial charge on any atom is 0.344 e. The Bertz CT molecular complexity index is 1070. The molecule has 1 aliphatic carbocycles. The van der Waals surface area contributed by atoms with Crippen LogP contribution in [0.1, 0.15) is 37.0 Å². The molecule has 36 heavy (non-hydrogen) atoms. The zero-order valence-corrected chi connectivity index (χ0v) is 22.0. The zero-order chi connectivity index (χ0) is 24.7. The normalized spacial score (nSPS) is 30.1. The molecule has 2 aromatic heterocycles. The molecular weight excluding hydrogens is 558 g/mol. The number of nitrogens with one attached hydrogen (secondary N) is 1. The highest BCUT2D eigenvalue weighted by molar-refractivity contribution is 7.10. The van der Waals surface area contributed by atoms with Gasteiger partial charge in [0, 0.05) is 54.8 Å². The number of alkyl halides is 2. The Morgan fingerprint density at radius 1 is 1.28 bits per heavy atom. The summed E-state index contributed by atoms with van der Waals surface area (Å²) in [6, 6.07) is 3.29. The number of nitrogens with zero attached hydrogens (tertiary/aromatic N) is 3. The minimum absolute atomic E-state index is 0. The SMILES string of the molecule is O=C(C[N+]12CCC(CC1)[C@@H](OC(=O)C(O)(c1cccs1)C1CCC(F)(F)C1)C2)Nc1cnccn1.[Br-]. The first-order valence-electron chi connectivity index (χ1n) is 12.0. The minimum atomic E-state index is -2.91. The molecule has 6 rings (SSSR count). The van der Waals surface area contributed by atoms with Crippen molar-refractivity contribution in [2.75, 3.05) is 31.5 Å². The molecular formula is C24H29BrF2N4O4S. The number of fused-ring (bicyclic) bond motifs is 3. The molecule has 196 valence electrons. The largest absolute Gasteiger partial charge is 1.00 e. The Labute approximate surface area is 222 Å². The number of esters is 1. The first-order chi connectivity index (χ1) is 16.7. The van der Waals surface area contributed by atoms with E-state index in [1.54, 1.807) is 17.5 Å². The van der Waals surface area contributed by atoms with Crippen molar-refractivity contribution in [2.24, 2.45) is 11.8 Å². The maximum absolute atomic E-state index is 14.0. The second-order valence-electron chi connectivity index (χ2n) is 10.1. The fourth-order valence-electron chi connectivity index (χ4n) is 5.93. The van der Waals surface area contributed by atoms with Crippen LogP contribution in [0.5, 0.6) is 0 Å². The molecule has 5 heterocycles. The van der Waals surface area contributed by atoms with Crippen LogP contribution in [0.15, 0.2) is 36.1 Å². The molecule has 2 aromatic rings. The van der Waals surface area contributed by atoms with Gasteiger partial charge in [0.1, 0.15) is 6.54 Å². The van der Waals surface area contributed by atoms with Crippen LogP contribution in [-0.2, 0) is 19.9 Å². The fourth-order valence-corrected chi connectivity index (χ4v) is 6.82. The summed E-state index contributed by atoms with van der Waals surface area (Å²) in [6.07, 6.45) is 4.73. The van der Waals surface area contributed by atoms with Gasteiger partial charge < -0.3 is 36.6 Å². The molecule has 2 N–H and O–H groups in total. The lowest BCUT2D eigenvalue weighted by Crippen LogP contribution is -3.00. The Kier molecular flexibility index (Phi) is 7.80. The molecule has 0 aromatic carbocycles. The number of carbonyl (C=O) groups is 2. The van der Waals surface area contributed by atoms with Gasteiger partial charge in [0.25, 0.3) is 5.91 Å². The van der Waals surface area contributed by atoms with Gasteiger partial charge in [0.2, 0.25) is 5.92 Å². The van der Waals surface area contributed by atoms with E-state index in [1.165, 1.54) is 29.9 Å². The monoisotopic (exact) mass is 586 g/mol. The lowest BCUT2D eigenvalue weighted by atomic mass is 9.82. The van der Waals surface area contributed by atoms with Crippen molar-refractivity contribution in [3.05, 3.63) is 41.0 Å². The van der Waals surface area contributed by atoms with Crippen LogP contribution in [-0.4, -0.2) is 69.6 Å². The van der Waals surface area contributed by atoms with Gasteiger partial charge in [0.05, 0.1) is 19.3 Å². The van der Waals surface area contributed by atoms with Gasteiger partial charge in [0.15, 0.2) is 24.1 Å². The third kappa shape index (κ3) is 5.32. The summed E-state index contributed by atoms with van der Waals surface area (Å²) in [5, 5.41) is 16.0. The summed E-state index contributed by atoms with van der Waals surface area (Å²) in [4.78, 5) is 34.5. The summed E-state index contributed by atoms with van der Waals surface area (Å²) in [7, 11) is 0. The topological polar surface area (TPSA) is 101 Å². The number of hydrogen-bond donors (Lipinski definition) is 2. The van der Waals surface area contributed by atoms with Gasteiger partial charge in [-0.25, -0.2) is 18.6 Å². The molecule has 2 bridgehead atoms. The van der Waals surface area contributed by atoms with Crippen molar-refractivity contribution in [3.63, 3.8) is 0 Å². The molecule has 0 radical (unpaired) electrons. The van der Waals surface area contributed by atoms with E-state index < -0.39 is 35.9 Å². The third-order valence-electron chi connectivity index (χ3n) is 7.81. The molecule has 1 amide bonds. The average molecular weight is 587 g/mol. The average Bonchev–Trinajstić information content (AvgIpc) is 3.50. The molecule has 3 saturated heterocycles. The molecule has 12 heteroatoms. The highest BCUT2D eigenvalue weighted by Gasteiger charge is 2.57. The number of rotatable bonds is 7. The number of aromatic nitrogens is 2. The predicted molar refractivity (Wildman–Crippen MR) is 123 cm³/mol. The third-order valence-corrected chi connectivity index (χ3v) is 8.81. The molecule has 1 saturated carbocycles. The maximum atomic E-state index is 14.0. The number of piperidine rings is 3. The van der Waals surface area contributed by atoms with Crippen LogP contribution in [0.3, 0.4) is 0 Å². The number of halogens is 3. The van der Waals surface area contributed by atoms with Gasteiger partial charge in [-0.15, -0.1) is 11.3 Å². The summed E-state index contributed by atoms with van der Waals surface area (Å²) in [5.74, 6) is -4.37. The van der Waals surface area contributed by atoms with Gasteiger partial charge in [-0.3, -0.25) is 9.78 Å². The Hall–Kier alpha value is -2.02. The second kappa shape index (κ2) is 10.4. The van der Waals surface area contributed by atoms with Crippen LogP contribution in [0, 0.1) is 11.8 Å². The smallest absolute Gasteiger partial charge is 0.344 e. The van der Waals surface area contributed by atoms with Crippen molar-refractivity contribution in [1.29, 1.82) is 0 Å². The fraction of sp³-hybridized carbons (Fsp3) is 0.583. The van der Waals surface area contributed by atoms with E-state index >= 15 is 0 Å². The van der Waals surface area contributed by atoms with Gasteiger partial charge >= 0.3 is 5.97 Å². The quantitative estimate of drug-likeness (QED) is 0.349. The number of hydrogen-bond acceptors (Lipinski definition) is 7. The molecule has 3 atom stereocenters. The van der Waals surface area contributed by atoms with E-state index in [1.807, 2.05) is 0 Å². The van der Waals surface area contributed by atoms with Crippen molar-refractivity contribution in [1.82, 2.24) is 9.97 Å². The van der Waals surface area contributed by atoms with E-state index in [2.05, 4.69) is 15.3 Å². The van der Waals surface area contributed by atoms with E-state index in [0.717, 1.165) is 25.9 Å². The van der Waals surface area contributed by atoms with Gasteiger partial charge in [-0.1, -0.05) is 6.07 Å². The summed E-state index contributed by atoms with van der Waals surface area (Å²) >= 11 is 1.17. The van der Waals surface area contributed by atoms with E-state index in [0.29, 0.717) is 21.7 Å². The van der Waals surface area contributed by atoms with Crippen molar-refractivity contribution in [3.8, 4) is 0 Å². The molecule has 2 unspecified atom stereocenters. The molecule has 4 aliphatic rings. The Balaban J connectivity index is 0.00000304. The number of anilines is 1. The predicted octanol–water partition coefficient (Wildman–Crippen LogP) is -0.0440. The first-order valence-corrected chi connectivity index (χ1v) is 12.8. The number of ether oxygens (including phenoxy) is 1. The summed E-state index contributed by atoms with van der Waals surface area (Å²) < 4.78 is 34.5.